The number of ether oxygens (including phenoxy) is 1. The van der Waals surface area contributed by atoms with Crippen LogP contribution in [0.15, 0.2) is 40.8 Å². The molecule has 1 aromatic carbocycles. The molecule has 3 rings (SSSR count). The molecule has 1 aliphatic carbocycles. The van der Waals surface area contributed by atoms with Crippen LogP contribution in [0.5, 0.6) is 0 Å². The lowest BCUT2D eigenvalue weighted by molar-refractivity contribution is 0.160. The van der Waals surface area contributed by atoms with Gasteiger partial charge in [0, 0.05) is 13.0 Å². The van der Waals surface area contributed by atoms with Gasteiger partial charge in [0.2, 0.25) is 0 Å². The standard InChI is InChI=1S/C17H21NO2/c1-3-18-17(16-9-8-13(20-16)11-19-2)15-10-12-6-4-5-7-14(12)15/h4-9,15,17-18H,3,10-11H2,1-2H3. The van der Waals surface area contributed by atoms with Gasteiger partial charge in [0.05, 0.1) is 6.04 Å². The van der Waals surface area contributed by atoms with Gasteiger partial charge in [-0.2, -0.15) is 0 Å². The predicted molar refractivity (Wildman–Crippen MR) is 78.7 cm³/mol. The Labute approximate surface area is 119 Å². The third-order valence-electron chi connectivity index (χ3n) is 4.00. The predicted octanol–water partition coefficient (Wildman–Crippen LogP) is 3.42. The number of hydrogen-bond acceptors (Lipinski definition) is 3. The lowest BCUT2D eigenvalue weighted by atomic mass is 9.73. The number of benzene rings is 1. The molecule has 0 amide bonds. The molecule has 0 spiro atoms. The van der Waals surface area contributed by atoms with Crippen LogP contribution in [-0.2, 0) is 17.8 Å². The minimum Gasteiger partial charge on any atom is -0.462 e. The number of methoxy groups -OCH3 is 1. The van der Waals surface area contributed by atoms with E-state index in [4.69, 9.17) is 9.15 Å². The van der Waals surface area contributed by atoms with Crippen molar-refractivity contribution in [2.24, 2.45) is 0 Å². The average molecular weight is 271 g/mol. The van der Waals surface area contributed by atoms with Crippen molar-refractivity contribution in [2.75, 3.05) is 13.7 Å². The topological polar surface area (TPSA) is 34.4 Å². The Balaban J connectivity index is 1.83. The van der Waals surface area contributed by atoms with Crippen molar-refractivity contribution < 1.29 is 9.15 Å². The van der Waals surface area contributed by atoms with E-state index in [1.165, 1.54) is 11.1 Å². The lowest BCUT2D eigenvalue weighted by Gasteiger charge is -2.36. The van der Waals surface area contributed by atoms with Gasteiger partial charge in [-0.1, -0.05) is 31.2 Å². The molecule has 0 fully saturated rings. The van der Waals surface area contributed by atoms with Gasteiger partial charge >= 0.3 is 0 Å². The summed E-state index contributed by atoms with van der Waals surface area (Å²) < 4.78 is 11.0. The fourth-order valence-electron chi connectivity index (χ4n) is 3.04. The normalized spacial score (nSPS) is 18.4. The summed E-state index contributed by atoms with van der Waals surface area (Å²) in [5.74, 6) is 2.41. The molecular weight excluding hydrogens is 250 g/mol. The second-order valence-corrected chi connectivity index (χ2v) is 5.28. The lowest BCUT2D eigenvalue weighted by Crippen LogP contribution is -2.33. The summed E-state index contributed by atoms with van der Waals surface area (Å²) in [4.78, 5) is 0. The summed E-state index contributed by atoms with van der Waals surface area (Å²) in [5, 5.41) is 3.56. The summed E-state index contributed by atoms with van der Waals surface area (Å²) >= 11 is 0. The maximum absolute atomic E-state index is 5.92. The summed E-state index contributed by atoms with van der Waals surface area (Å²) in [6.07, 6.45) is 1.12. The van der Waals surface area contributed by atoms with E-state index in [2.05, 4.69) is 42.6 Å². The molecule has 2 atom stereocenters. The molecule has 3 nitrogen and oxygen atoms in total. The highest BCUT2D eigenvalue weighted by molar-refractivity contribution is 5.42. The second-order valence-electron chi connectivity index (χ2n) is 5.28. The van der Waals surface area contributed by atoms with E-state index in [0.29, 0.717) is 12.5 Å². The maximum atomic E-state index is 5.92. The molecule has 1 aromatic heterocycles. The highest BCUT2D eigenvalue weighted by Gasteiger charge is 2.34. The summed E-state index contributed by atoms with van der Waals surface area (Å²) in [6.45, 7) is 3.60. The van der Waals surface area contributed by atoms with Gasteiger partial charge in [-0.25, -0.2) is 0 Å². The van der Waals surface area contributed by atoms with Gasteiger partial charge in [0.15, 0.2) is 0 Å². The molecule has 20 heavy (non-hydrogen) atoms. The van der Waals surface area contributed by atoms with Crippen LogP contribution in [0.2, 0.25) is 0 Å². The first kappa shape index (κ1) is 13.4. The molecule has 3 heteroatoms. The van der Waals surface area contributed by atoms with Gasteiger partial charge in [-0.15, -0.1) is 0 Å². The average Bonchev–Trinajstić information content (AvgIpc) is 2.88. The van der Waals surface area contributed by atoms with Crippen LogP contribution in [0.4, 0.5) is 0 Å². The molecule has 1 aliphatic rings. The zero-order valence-corrected chi connectivity index (χ0v) is 12.1. The van der Waals surface area contributed by atoms with Crippen molar-refractivity contribution >= 4 is 0 Å². The first-order chi connectivity index (χ1) is 9.83. The fraction of sp³-hybridized carbons (Fsp3) is 0.412. The summed E-state index contributed by atoms with van der Waals surface area (Å²) in [7, 11) is 1.69. The number of nitrogens with one attached hydrogen (secondary N) is 1. The van der Waals surface area contributed by atoms with Crippen LogP contribution in [0.1, 0.15) is 41.5 Å². The van der Waals surface area contributed by atoms with Gasteiger partial charge in [-0.05, 0) is 36.2 Å². The molecule has 106 valence electrons. The van der Waals surface area contributed by atoms with Crippen molar-refractivity contribution in [3.63, 3.8) is 0 Å². The first-order valence-electron chi connectivity index (χ1n) is 7.22. The molecule has 2 aromatic rings. The molecule has 0 bridgehead atoms. The molecule has 1 N–H and O–H groups in total. The largest absolute Gasteiger partial charge is 0.462 e. The van der Waals surface area contributed by atoms with Gasteiger partial charge in [0.1, 0.15) is 18.1 Å². The van der Waals surface area contributed by atoms with Crippen LogP contribution < -0.4 is 5.32 Å². The summed E-state index contributed by atoms with van der Waals surface area (Å²) in [5.41, 5.74) is 2.91. The SMILES string of the molecule is CCNC(c1ccc(COC)o1)C1Cc2ccccc21. The molecule has 0 aliphatic heterocycles. The quantitative estimate of drug-likeness (QED) is 0.874. The van der Waals surface area contributed by atoms with E-state index in [1.807, 2.05) is 6.07 Å². The van der Waals surface area contributed by atoms with Crippen molar-refractivity contribution in [3.05, 3.63) is 59.0 Å². The summed E-state index contributed by atoms with van der Waals surface area (Å²) in [6, 6.07) is 13.0. The number of likely N-dealkylation sites (N-methyl/N-ethyl adjacent to an activating group) is 1. The van der Waals surface area contributed by atoms with Gasteiger partial charge < -0.3 is 14.5 Å². The number of rotatable bonds is 6. The maximum Gasteiger partial charge on any atom is 0.129 e. The first-order valence-corrected chi connectivity index (χ1v) is 7.22. The van der Waals surface area contributed by atoms with E-state index in [-0.39, 0.29) is 6.04 Å². The Bertz CT molecular complexity index is 576. The minimum absolute atomic E-state index is 0.250. The Kier molecular flexibility index (Phi) is 3.90. The second kappa shape index (κ2) is 5.81. The molecule has 0 saturated carbocycles. The zero-order chi connectivity index (χ0) is 13.9. The van der Waals surface area contributed by atoms with E-state index in [9.17, 15) is 0 Å². The van der Waals surface area contributed by atoms with E-state index < -0.39 is 0 Å². The van der Waals surface area contributed by atoms with E-state index in [0.717, 1.165) is 24.5 Å². The molecular formula is C17H21NO2. The highest BCUT2D eigenvalue weighted by Crippen LogP contribution is 2.43. The number of hydrogen-bond donors (Lipinski definition) is 1. The van der Waals surface area contributed by atoms with Gasteiger partial charge in [-0.3, -0.25) is 0 Å². The Morgan fingerprint density at radius 2 is 2.15 bits per heavy atom. The highest BCUT2D eigenvalue weighted by atomic mass is 16.5. The van der Waals surface area contributed by atoms with Crippen LogP contribution in [0.3, 0.4) is 0 Å². The molecule has 0 saturated heterocycles. The zero-order valence-electron chi connectivity index (χ0n) is 12.1. The Hall–Kier alpha value is -1.58. The number of furan rings is 1. The molecule has 1 heterocycles. The van der Waals surface area contributed by atoms with Crippen molar-refractivity contribution in [1.82, 2.24) is 5.32 Å². The molecule has 2 unspecified atom stereocenters. The third kappa shape index (κ3) is 2.39. The van der Waals surface area contributed by atoms with Crippen LogP contribution in [-0.4, -0.2) is 13.7 Å². The van der Waals surface area contributed by atoms with Crippen LogP contribution in [0, 0.1) is 0 Å². The fourth-order valence-corrected chi connectivity index (χ4v) is 3.04. The minimum atomic E-state index is 0.250. The number of fused-ring (bicyclic) bond motifs is 1. The van der Waals surface area contributed by atoms with Gasteiger partial charge in [0.25, 0.3) is 0 Å². The Morgan fingerprint density at radius 3 is 2.90 bits per heavy atom. The van der Waals surface area contributed by atoms with E-state index in [1.54, 1.807) is 7.11 Å². The third-order valence-corrected chi connectivity index (χ3v) is 4.00. The van der Waals surface area contributed by atoms with E-state index >= 15 is 0 Å². The van der Waals surface area contributed by atoms with Crippen molar-refractivity contribution in [3.8, 4) is 0 Å². The Morgan fingerprint density at radius 1 is 1.30 bits per heavy atom. The van der Waals surface area contributed by atoms with Crippen molar-refractivity contribution in [1.29, 1.82) is 0 Å². The van der Waals surface area contributed by atoms with Crippen molar-refractivity contribution in [2.45, 2.75) is 31.9 Å². The van der Waals surface area contributed by atoms with Crippen LogP contribution >= 0.6 is 0 Å². The smallest absolute Gasteiger partial charge is 0.129 e. The molecule has 0 radical (unpaired) electrons. The monoisotopic (exact) mass is 271 g/mol. The van der Waals surface area contributed by atoms with Crippen LogP contribution in [0.25, 0.3) is 0 Å².